The van der Waals surface area contributed by atoms with Gasteiger partial charge in [-0.1, -0.05) is 19.1 Å². The molecule has 2 rings (SSSR count). The van der Waals surface area contributed by atoms with E-state index < -0.39 is 0 Å². The zero-order valence-electron chi connectivity index (χ0n) is 10.2. The number of benzene rings is 1. The molecule has 1 aromatic heterocycles. The molecule has 1 atom stereocenters. The van der Waals surface area contributed by atoms with Gasteiger partial charge in [0.15, 0.2) is 0 Å². The van der Waals surface area contributed by atoms with Crippen molar-refractivity contribution in [3.63, 3.8) is 0 Å². The van der Waals surface area contributed by atoms with Gasteiger partial charge in [0, 0.05) is 26.7 Å². The lowest BCUT2D eigenvalue weighted by molar-refractivity contribution is 0.728. The summed E-state index contributed by atoms with van der Waals surface area (Å²) < 4.78 is 1.17. The van der Waals surface area contributed by atoms with Crippen LogP contribution in [0.4, 0.5) is 0 Å². The fourth-order valence-electron chi connectivity index (χ4n) is 1.77. The van der Waals surface area contributed by atoms with Crippen LogP contribution in [0.15, 0.2) is 45.1 Å². The zero-order chi connectivity index (χ0) is 13.0. The first kappa shape index (κ1) is 14.1. The largest absolute Gasteiger partial charge is 0.324 e. The molecule has 0 bridgehead atoms. The second-order valence-corrected chi connectivity index (χ2v) is 7.20. The molecular weight excluding hydrogens is 326 g/mol. The molecule has 0 amide bonds. The van der Waals surface area contributed by atoms with Crippen LogP contribution < -0.4 is 5.73 Å². The molecule has 96 valence electrons. The number of hydrogen-bond acceptors (Lipinski definition) is 3. The lowest BCUT2D eigenvalue weighted by Gasteiger charge is -2.12. The van der Waals surface area contributed by atoms with E-state index in [1.807, 2.05) is 11.8 Å². The standard InChI is InChI=1S/C14H16BrNS2/c1-2-17-11-5-3-10(4-6-11)13(16)9-14-12(15)7-8-18-14/h3-8,13H,2,9,16H2,1H3. The highest BCUT2D eigenvalue weighted by molar-refractivity contribution is 9.10. The average Bonchev–Trinajstić information content (AvgIpc) is 2.76. The maximum atomic E-state index is 6.26. The van der Waals surface area contributed by atoms with E-state index in [1.54, 1.807) is 11.3 Å². The monoisotopic (exact) mass is 341 g/mol. The van der Waals surface area contributed by atoms with Crippen molar-refractivity contribution in [3.05, 3.63) is 50.6 Å². The molecule has 18 heavy (non-hydrogen) atoms. The Hall–Kier alpha value is -0.290. The molecular formula is C14H16BrNS2. The van der Waals surface area contributed by atoms with Crippen molar-refractivity contribution in [1.82, 2.24) is 0 Å². The Morgan fingerprint density at radius 3 is 2.56 bits per heavy atom. The third-order valence-corrected chi connectivity index (χ3v) is 5.56. The summed E-state index contributed by atoms with van der Waals surface area (Å²) in [5, 5.41) is 2.09. The van der Waals surface area contributed by atoms with Gasteiger partial charge in [0.05, 0.1) is 0 Å². The van der Waals surface area contributed by atoms with Crippen molar-refractivity contribution in [3.8, 4) is 0 Å². The molecule has 2 N–H and O–H groups in total. The lowest BCUT2D eigenvalue weighted by atomic mass is 10.0. The van der Waals surface area contributed by atoms with Crippen LogP contribution in [-0.2, 0) is 6.42 Å². The molecule has 0 aliphatic heterocycles. The lowest BCUT2D eigenvalue weighted by Crippen LogP contribution is -2.12. The van der Waals surface area contributed by atoms with Gasteiger partial charge in [-0.3, -0.25) is 0 Å². The maximum Gasteiger partial charge on any atom is 0.0344 e. The van der Waals surface area contributed by atoms with Gasteiger partial charge in [-0.05, 0) is 50.8 Å². The van der Waals surface area contributed by atoms with Crippen LogP contribution in [0.3, 0.4) is 0 Å². The van der Waals surface area contributed by atoms with E-state index in [0.717, 1.165) is 12.2 Å². The minimum atomic E-state index is 0.0700. The van der Waals surface area contributed by atoms with Crippen LogP contribution in [0.1, 0.15) is 23.4 Å². The Kier molecular flexibility index (Phi) is 5.30. The van der Waals surface area contributed by atoms with Gasteiger partial charge in [-0.15, -0.1) is 23.1 Å². The third-order valence-electron chi connectivity index (χ3n) is 2.72. The van der Waals surface area contributed by atoms with E-state index in [9.17, 15) is 0 Å². The van der Waals surface area contributed by atoms with Crippen LogP contribution in [0.2, 0.25) is 0 Å². The number of halogens is 1. The van der Waals surface area contributed by atoms with E-state index in [2.05, 4.69) is 58.6 Å². The summed E-state index contributed by atoms with van der Waals surface area (Å²) in [7, 11) is 0. The van der Waals surface area contributed by atoms with E-state index in [1.165, 1.54) is 19.8 Å². The van der Waals surface area contributed by atoms with Crippen molar-refractivity contribution < 1.29 is 0 Å². The number of thiophene rings is 1. The van der Waals surface area contributed by atoms with Crippen molar-refractivity contribution in [1.29, 1.82) is 0 Å². The van der Waals surface area contributed by atoms with Gasteiger partial charge in [0.25, 0.3) is 0 Å². The number of thioether (sulfide) groups is 1. The summed E-state index contributed by atoms with van der Waals surface area (Å²) in [5.74, 6) is 1.10. The van der Waals surface area contributed by atoms with Crippen LogP contribution in [-0.4, -0.2) is 5.75 Å². The highest BCUT2D eigenvalue weighted by Gasteiger charge is 2.10. The molecule has 0 radical (unpaired) electrons. The fourth-order valence-corrected chi connectivity index (χ4v) is 4.00. The van der Waals surface area contributed by atoms with Gasteiger partial charge in [-0.2, -0.15) is 0 Å². The molecule has 0 aliphatic carbocycles. The van der Waals surface area contributed by atoms with Crippen molar-refractivity contribution in [2.24, 2.45) is 5.73 Å². The molecule has 0 aliphatic rings. The SMILES string of the molecule is CCSc1ccc(C(N)Cc2sccc2Br)cc1. The molecule has 1 nitrogen and oxygen atoms in total. The maximum absolute atomic E-state index is 6.26. The Balaban J connectivity index is 2.04. The fraction of sp³-hybridized carbons (Fsp3) is 0.286. The molecule has 0 saturated heterocycles. The normalized spacial score (nSPS) is 12.6. The minimum absolute atomic E-state index is 0.0700. The van der Waals surface area contributed by atoms with E-state index in [-0.39, 0.29) is 6.04 Å². The summed E-state index contributed by atoms with van der Waals surface area (Å²) in [6.45, 7) is 2.17. The molecule has 0 spiro atoms. The molecule has 0 saturated carbocycles. The van der Waals surface area contributed by atoms with Crippen LogP contribution in [0.5, 0.6) is 0 Å². The van der Waals surface area contributed by atoms with Crippen molar-refractivity contribution in [2.75, 3.05) is 5.75 Å². The highest BCUT2D eigenvalue weighted by Crippen LogP contribution is 2.28. The number of nitrogens with two attached hydrogens (primary N) is 1. The van der Waals surface area contributed by atoms with Gasteiger partial charge < -0.3 is 5.73 Å². The highest BCUT2D eigenvalue weighted by atomic mass is 79.9. The van der Waals surface area contributed by atoms with Crippen LogP contribution in [0, 0.1) is 0 Å². The van der Waals surface area contributed by atoms with Gasteiger partial charge in [-0.25, -0.2) is 0 Å². The first-order valence-electron chi connectivity index (χ1n) is 5.91. The molecule has 2 aromatic rings. The van der Waals surface area contributed by atoms with Gasteiger partial charge >= 0.3 is 0 Å². The average molecular weight is 342 g/mol. The van der Waals surface area contributed by atoms with E-state index >= 15 is 0 Å². The van der Waals surface area contributed by atoms with Crippen molar-refractivity contribution in [2.45, 2.75) is 24.3 Å². The zero-order valence-corrected chi connectivity index (χ0v) is 13.4. The second-order valence-electron chi connectivity index (χ2n) is 4.00. The predicted octanol–water partition coefficient (Wildman–Crippen LogP) is 4.87. The van der Waals surface area contributed by atoms with Crippen molar-refractivity contribution >= 4 is 39.0 Å². The molecule has 4 heteroatoms. The minimum Gasteiger partial charge on any atom is -0.324 e. The second kappa shape index (κ2) is 6.75. The third kappa shape index (κ3) is 3.60. The van der Waals surface area contributed by atoms with Gasteiger partial charge in [0.2, 0.25) is 0 Å². The summed E-state index contributed by atoms with van der Waals surface area (Å²) in [6.07, 6.45) is 0.887. The number of hydrogen-bond donors (Lipinski definition) is 1. The molecule has 0 fully saturated rings. The molecule has 1 aromatic carbocycles. The summed E-state index contributed by atoms with van der Waals surface area (Å²) in [6, 6.07) is 10.8. The topological polar surface area (TPSA) is 26.0 Å². The Morgan fingerprint density at radius 1 is 1.28 bits per heavy atom. The summed E-state index contributed by atoms with van der Waals surface area (Å²) in [5.41, 5.74) is 7.46. The van der Waals surface area contributed by atoms with E-state index in [0.29, 0.717) is 0 Å². The smallest absolute Gasteiger partial charge is 0.0344 e. The van der Waals surface area contributed by atoms with Gasteiger partial charge in [0.1, 0.15) is 0 Å². The Labute approximate surface area is 125 Å². The summed E-state index contributed by atoms with van der Waals surface area (Å²) in [4.78, 5) is 2.63. The number of rotatable bonds is 5. The Morgan fingerprint density at radius 2 is 2.00 bits per heavy atom. The van der Waals surface area contributed by atoms with Crippen LogP contribution >= 0.6 is 39.0 Å². The predicted molar refractivity (Wildman–Crippen MR) is 85.5 cm³/mol. The first-order chi connectivity index (χ1) is 8.70. The molecule has 1 unspecified atom stereocenters. The summed E-state index contributed by atoms with van der Waals surface area (Å²) >= 11 is 7.16. The Bertz CT molecular complexity index is 493. The molecule has 1 heterocycles. The quantitative estimate of drug-likeness (QED) is 0.785. The van der Waals surface area contributed by atoms with E-state index in [4.69, 9.17) is 5.73 Å². The first-order valence-corrected chi connectivity index (χ1v) is 8.56. The van der Waals surface area contributed by atoms with Crippen LogP contribution in [0.25, 0.3) is 0 Å².